The maximum absolute atomic E-state index is 8.16. The third-order valence-electron chi connectivity index (χ3n) is 6.46. The van der Waals surface area contributed by atoms with Crippen LogP contribution in [0, 0.1) is 20.4 Å². The lowest BCUT2D eigenvalue weighted by Gasteiger charge is -2.09. The quantitative estimate of drug-likeness (QED) is 0.209. The van der Waals surface area contributed by atoms with Crippen LogP contribution in [0.4, 0.5) is 5.69 Å². The van der Waals surface area contributed by atoms with Crippen LogP contribution in [-0.4, -0.2) is 0 Å². The van der Waals surface area contributed by atoms with Gasteiger partial charge in [-0.2, -0.15) is 0 Å². The van der Waals surface area contributed by atoms with Gasteiger partial charge in [-0.3, -0.25) is 0 Å². The van der Waals surface area contributed by atoms with E-state index in [0.717, 1.165) is 55.4 Å². The smallest absolute Gasteiger partial charge is 0.216 e. The lowest BCUT2D eigenvalue weighted by Crippen LogP contribution is -2.30. The van der Waals surface area contributed by atoms with Crippen molar-refractivity contribution in [2.75, 3.05) is 0 Å². The molecule has 0 aliphatic carbocycles. The summed E-state index contributed by atoms with van der Waals surface area (Å²) in [5.41, 5.74) is 9.27. The van der Waals surface area contributed by atoms with E-state index in [9.17, 15) is 0 Å². The van der Waals surface area contributed by atoms with Gasteiger partial charge in [0.05, 0.1) is 13.5 Å². The minimum Gasteiger partial charge on any atom is -0.456 e. The van der Waals surface area contributed by atoms with Crippen molar-refractivity contribution in [3.8, 4) is 22.4 Å². The Labute approximate surface area is 196 Å². The molecule has 162 valence electrons. The van der Waals surface area contributed by atoms with Crippen LogP contribution in [0.15, 0.2) is 71.3 Å². The number of fused-ring (bicyclic) bond motifs is 3. The number of pyridine rings is 1. The molecule has 0 saturated carbocycles. The first-order chi connectivity index (χ1) is 16.3. The Kier molecular flexibility index (Phi) is 4.73. The van der Waals surface area contributed by atoms with Crippen LogP contribution in [-0.2, 0) is 7.05 Å². The summed E-state index contributed by atoms with van der Waals surface area (Å²) in [6.07, 6.45) is 1.84. The monoisotopic (exact) mass is 432 g/mol. The van der Waals surface area contributed by atoms with E-state index < -0.39 is 0 Å². The molecular formula is C30H27N2O+. The predicted octanol–water partition coefficient (Wildman–Crippen LogP) is 8.04. The summed E-state index contributed by atoms with van der Waals surface area (Å²) in [5.74, 6) is 0.446. The van der Waals surface area contributed by atoms with Crippen molar-refractivity contribution in [1.29, 1.82) is 0 Å². The molecule has 2 aromatic heterocycles. The largest absolute Gasteiger partial charge is 0.456 e. The summed E-state index contributed by atoms with van der Waals surface area (Å²) >= 11 is 0. The van der Waals surface area contributed by atoms with Gasteiger partial charge in [0.1, 0.15) is 18.2 Å². The van der Waals surface area contributed by atoms with E-state index in [2.05, 4.69) is 62.0 Å². The van der Waals surface area contributed by atoms with E-state index in [-0.39, 0.29) is 0 Å². The van der Waals surface area contributed by atoms with Gasteiger partial charge in [0.15, 0.2) is 11.9 Å². The zero-order chi connectivity index (χ0) is 24.1. The van der Waals surface area contributed by atoms with Crippen LogP contribution >= 0.6 is 0 Å². The molecule has 0 radical (unpaired) electrons. The Morgan fingerprint density at radius 3 is 2.27 bits per heavy atom. The maximum Gasteiger partial charge on any atom is 0.216 e. The van der Waals surface area contributed by atoms with Gasteiger partial charge in [-0.05, 0) is 42.0 Å². The highest BCUT2D eigenvalue weighted by Crippen LogP contribution is 2.44. The average Bonchev–Trinajstić information content (AvgIpc) is 3.19. The van der Waals surface area contributed by atoms with E-state index in [1.54, 1.807) is 0 Å². The van der Waals surface area contributed by atoms with Crippen LogP contribution in [0.5, 0.6) is 0 Å². The molecule has 3 aromatic carbocycles. The number of rotatable bonds is 3. The molecule has 0 saturated heterocycles. The van der Waals surface area contributed by atoms with E-state index in [4.69, 9.17) is 12.4 Å². The van der Waals surface area contributed by atoms with Crippen LogP contribution in [0.3, 0.4) is 0 Å². The van der Waals surface area contributed by atoms with Gasteiger partial charge in [0, 0.05) is 28.4 Å². The molecule has 3 nitrogen and oxygen atoms in total. The van der Waals surface area contributed by atoms with Gasteiger partial charge in [0.2, 0.25) is 5.69 Å². The van der Waals surface area contributed by atoms with Crippen molar-refractivity contribution in [3.05, 3.63) is 94.9 Å². The van der Waals surface area contributed by atoms with E-state index >= 15 is 0 Å². The highest BCUT2D eigenvalue weighted by molar-refractivity contribution is 6.15. The van der Waals surface area contributed by atoms with E-state index in [0.29, 0.717) is 17.6 Å². The molecule has 33 heavy (non-hydrogen) atoms. The highest BCUT2D eigenvalue weighted by Gasteiger charge is 2.23. The molecule has 0 fully saturated rings. The minimum atomic E-state index is 0.446. The fraction of sp³-hybridized carbons (Fsp3) is 0.200. The van der Waals surface area contributed by atoms with Crippen molar-refractivity contribution in [2.45, 2.75) is 33.6 Å². The van der Waals surface area contributed by atoms with Gasteiger partial charge >= 0.3 is 0 Å². The number of aromatic nitrogens is 1. The highest BCUT2D eigenvalue weighted by atomic mass is 16.3. The zero-order valence-electron chi connectivity index (χ0n) is 20.7. The molecule has 0 aliphatic rings. The Bertz CT molecular complexity index is 1620. The number of furan rings is 1. The Morgan fingerprint density at radius 1 is 0.939 bits per heavy atom. The third kappa shape index (κ3) is 3.39. The normalized spacial score (nSPS) is 11.8. The summed E-state index contributed by atoms with van der Waals surface area (Å²) in [5, 5.41) is 2.03. The van der Waals surface area contributed by atoms with Crippen molar-refractivity contribution in [1.82, 2.24) is 0 Å². The van der Waals surface area contributed by atoms with Gasteiger partial charge in [-0.25, -0.2) is 9.41 Å². The molecule has 0 N–H and O–H groups in total. The number of aryl methyl sites for hydroxylation is 3. The molecule has 0 aliphatic heterocycles. The number of nitrogens with zero attached hydrogens (tertiary/aromatic N) is 2. The first kappa shape index (κ1) is 19.8. The molecule has 5 rings (SSSR count). The summed E-state index contributed by atoms with van der Waals surface area (Å²) < 4.78 is 16.8. The van der Waals surface area contributed by atoms with Crippen LogP contribution < -0.4 is 4.57 Å². The zero-order valence-corrected chi connectivity index (χ0v) is 19.7. The molecule has 3 heteroatoms. The first-order valence-corrected chi connectivity index (χ1v) is 11.2. The van der Waals surface area contributed by atoms with E-state index in [1.807, 2.05) is 42.9 Å². The van der Waals surface area contributed by atoms with E-state index in [1.165, 1.54) is 5.56 Å². The molecule has 0 bridgehead atoms. The van der Waals surface area contributed by atoms with Crippen molar-refractivity contribution in [2.24, 2.45) is 7.05 Å². The lowest BCUT2D eigenvalue weighted by molar-refractivity contribution is -0.660. The van der Waals surface area contributed by atoms with Crippen molar-refractivity contribution >= 4 is 27.6 Å². The molecule has 0 amide bonds. The van der Waals surface area contributed by atoms with Gasteiger partial charge in [-0.15, -0.1) is 0 Å². The summed E-state index contributed by atoms with van der Waals surface area (Å²) in [4.78, 5) is 3.82. The number of hydrogen-bond donors (Lipinski definition) is 0. The lowest BCUT2D eigenvalue weighted by atomic mass is 9.96. The molecule has 0 spiro atoms. The van der Waals surface area contributed by atoms with Crippen LogP contribution in [0.2, 0.25) is 0 Å². The number of benzene rings is 3. The molecule has 0 unspecified atom stereocenters. The second kappa shape index (κ2) is 7.90. The van der Waals surface area contributed by atoms with Crippen molar-refractivity contribution < 1.29 is 10.4 Å². The first-order valence-electron chi connectivity index (χ1n) is 11.7. The standard InChI is InChI=1S/C30H27N2O/c1-18(2)21-8-10-22(11-9-21)28-25(31-5)14-13-24-23-12-7-20(4)27(29(23)33-30(24)28)26-17-19(3)15-16-32(26)6/h7-18H,1-4,6H3/q+1/i15D. The van der Waals surface area contributed by atoms with Gasteiger partial charge in [0.25, 0.3) is 0 Å². The van der Waals surface area contributed by atoms with Crippen molar-refractivity contribution in [3.63, 3.8) is 0 Å². The second-order valence-electron chi connectivity index (χ2n) is 9.06. The van der Waals surface area contributed by atoms with Crippen LogP contribution in [0.1, 0.15) is 37.8 Å². The van der Waals surface area contributed by atoms with Gasteiger partial charge in [-0.1, -0.05) is 62.4 Å². The fourth-order valence-corrected chi connectivity index (χ4v) is 4.58. The fourth-order valence-electron chi connectivity index (χ4n) is 4.58. The molecule has 0 atom stereocenters. The average molecular weight is 433 g/mol. The van der Waals surface area contributed by atoms with Crippen LogP contribution in [0.25, 0.3) is 49.2 Å². The Morgan fingerprint density at radius 2 is 1.61 bits per heavy atom. The molecule has 5 aromatic rings. The SMILES string of the molecule is [2H]c1c[n+](C)c(-c2c(C)ccc3c2oc2c(-c4ccc(C(C)C)cc4)c([N+]#[C-])ccc23)cc1C. The topological polar surface area (TPSA) is 21.4 Å². The summed E-state index contributed by atoms with van der Waals surface area (Å²) in [6, 6.07) is 19.1. The summed E-state index contributed by atoms with van der Waals surface area (Å²) in [6.45, 7) is 16.2. The molecular weight excluding hydrogens is 404 g/mol. The summed E-state index contributed by atoms with van der Waals surface area (Å²) in [7, 11) is 1.96. The predicted molar refractivity (Wildman–Crippen MR) is 136 cm³/mol. The minimum absolute atomic E-state index is 0.446. The maximum atomic E-state index is 8.16. The second-order valence-corrected chi connectivity index (χ2v) is 9.06. The number of hydrogen-bond acceptors (Lipinski definition) is 1. The Hall–Kier alpha value is -3.90. The Balaban J connectivity index is 1.85. The molecule has 2 heterocycles. The van der Waals surface area contributed by atoms with Gasteiger partial charge < -0.3 is 4.42 Å². The third-order valence-corrected chi connectivity index (χ3v) is 6.46.